The molecule has 3 aliphatic rings. The predicted molar refractivity (Wildman–Crippen MR) is 87.1 cm³/mol. The molecule has 0 spiro atoms. The van der Waals surface area contributed by atoms with Gasteiger partial charge in [0.15, 0.2) is 12.1 Å². The topological polar surface area (TPSA) is 75.3 Å². The van der Waals surface area contributed by atoms with Gasteiger partial charge in [0.25, 0.3) is 0 Å². The van der Waals surface area contributed by atoms with Crippen molar-refractivity contribution in [1.82, 2.24) is 5.32 Å². The zero-order valence-electron chi connectivity index (χ0n) is 14.6. The summed E-state index contributed by atoms with van der Waals surface area (Å²) in [6.07, 6.45) is -1.09. The van der Waals surface area contributed by atoms with E-state index in [4.69, 9.17) is 23.7 Å². The van der Waals surface area contributed by atoms with Crippen LogP contribution in [-0.4, -0.2) is 48.6 Å². The quantitative estimate of drug-likeness (QED) is 0.902. The van der Waals surface area contributed by atoms with E-state index >= 15 is 0 Å². The molecule has 3 fully saturated rings. The molecule has 0 aliphatic carbocycles. The zero-order valence-corrected chi connectivity index (χ0v) is 14.6. The van der Waals surface area contributed by atoms with Crippen molar-refractivity contribution in [2.24, 2.45) is 0 Å². The number of hydrogen-bond donors (Lipinski definition) is 1. The first-order valence-electron chi connectivity index (χ1n) is 8.61. The number of amides is 1. The molecule has 1 amide bonds. The number of carbonyl (C=O) groups excluding carboxylic acids is 1. The predicted octanol–water partition coefficient (Wildman–Crippen LogP) is 2.20. The average Bonchev–Trinajstić information content (AvgIpc) is 3.13. The third-order valence-corrected chi connectivity index (χ3v) is 4.97. The van der Waals surface area contributed by atoms with Crippen LogP contribution < -0.4 is 10.1 Å². The maximum atomic E-state index is 12.3. The Kier molecular flexibility index (Phi) is 3.99. The summed E-state index contributed by atoms with van der Waals surface area (Å²) < 4.78 is 29.4. The molecule has 3 aliphatic heterocycles. The number of para-hydroxylation sites is 1. The van der Waals surface area contributed by atoms with E-state index in [1.165, 1.54) is 0 Å². The normalized spacial score (nSPS) is 38.2. The fraction of sp³-hybridized carbons (Fsp3) is 0.611. The Hall–Kier alpha value is -1.67. The smallest absolute Gasteiger partial charge is 0.410 e. The van der Waals surface area contributed by atoms with E-state index in [1.807, 2.05) is 26.8 Å². The lowest BCUT2D eigenvalue weighted by Gasteiger charge is -2.41. The first kappa shape index (κ1) is 16.8. The molecule has 1 aromatic rings. The van der Waals surface area contributed by atoms with E-state index in [9.17, 15) is 4.79 Å². The Balaban J connectivity index is 1.52. The Labute approximate surface area is 146 Å². The number of rotatable bonds is 3. The standard InChI is InChI=1S/C18H23NO6/c1-4-18-10-21-15(25-18)12(13-14(18)24-17(2,3)23-13)19-16(20)22-11-8-6-5-7-9-11/h5-9,12-15H,4,10H2,1-3H3,(H,19,20)/t12-,13?,14-,15?,18+/m1/s1. The summed E-state index contributed by atoms with van der Waals surface area (Å²) in [7, 11) is 0. The number of nitrogens with one attached hydrogen (secondary N) is 1. The third kappa shape index (κ3) is 2.91. The Morgan fingerprint density at radius 2 is 2.00 bits per heavy atom. The van der Waals surface area contributed by atoms with Crippen LogP contribution in [0, 0.1) is 0 Å². The number of ether oxygens (including phenoxy) is 5. The van der Waals surface area contributed by atoms with Gasteiger partial charge < -0.3 is 29.0 Å². The molecule has 0 saturated carbocycles. The summed E-state index contributed by atoms with van der Waals surface area (Å²) >= 11 is 0. The molecule has 3 saturated heterocycles. The molecular formula is C18H23NO6. The Bertz CT molecular complexity index is 650. The van der Waals surface area contributed by atoms with Crippen LogP contribution in [0.1, 0.15) is 27.2 Å². The van der Waals surface area contributed by atoms with Crippen LogP contribution in [0.4, 0.5) is 4.79 Å². The summed E-state index contributed by atoms with van der Waals surface area (Å²) in [6.45, 7) is 6.18. The van der Waals surface area contributed by atoms with Gasteiger partial charge >= 0.3 is 6.09 Å². The molecule has 0 radical (unpaired) electrons. The third-order valence-electron chi connectivity index (χ3n) is 4.97. The first-order valence-corrected chi connectivity index (χ1v) is 8.61. The lowest BCUT2D eigenvalue weighted by Crippen LogP contribution is -2.64. The van der Waals surface area contributed by atoms with Crippen LogP contribution in [0.5, 0.6) is 5.75 Å². The highest BCUT2D eigenvalue weighted by Crippen LogP contribution is 2.47. The summed E-state index contributed by atoms with van der Waals surface area (Å²) in [5.74, 6) is -0.276. The molecule has 3 heterocycles. The van der Waals surface area contributed by atoms with Gasteiger partial charge in [-0.1, -0.05) is 25.1 Å². The van der Waals surface area contributed by atoms with Gasteiger partial charge in [-0.3, -0.25) is 0 Å². The highest BCUT2D eigenvalue weighted by molar-refractivity contribution is 5.70. The molecule has 4 rings (SSSR count). The fourth-order valence-corrected chi connectivity index (χ4v) is 3.76. The van der Waals surface area contributed by atoms with Crippen LogP contribution in [-0.2, 0) is 18.9 Å². The summed E-state index contributed by atoms with van der Waals surface area (Å²) in [6, 6.07) is 8.37. The van der Waals surface area contributed by atoms with Crippen molar-refractivity contribution in [3.05, 3.63) is 30.3 Å². The summed E-state index contributed by atoms with van der Waals surface area (Å²) in [4.78, 5) is 12.3. The largest absolute Gasteiger partial charge is 0.413 e. The van der Waals surface area contributed by atoms with Crippen molar-refractivity contribution < 1.29 is 28.5 Å². The highest BCUT2D eigenvalue weighted by atomic mass is 16.8. The number of benzene rings is 1. The van der Waals surface area contributed by atoms with Crippen molar-refractivity contribution in [2.75, 3.05) is 6.61 Å². The van der Waals surface area contributed by atoms with Gasteiger partial charge in [-0.15, -0.1) is 0 Å². The van der Waals surface area contributed by atoms with Gasteiger partial charge in [0.2, 0.25) is 0 Å². The molecule has 25 heavy (non-hydrogen) atoms. The van der Waals surface area contributed by atoms with Crippen LogP contribution in [0.15, 0.2) is 30.3 Å². The lowest BCUT2D eigenvalue weighted by atomic mass is 9.86. The molecule has 7 nitrogen and oxygen atoms in total. The molecular weight excluding hydrogens is 326 g/mol. The van der Waals surface area contributed by atoms with Crippen molar-refractivity contribution in [3.63, 3.8) is 0 Å². The fourth-order valence-electron chi connectivity index (χ4n) is 3.76. The monoisotopic (exact) mass is 349 g/mol. The lowest BCUT2D eigenvalue weighted by molar-refractivity contribution is -0.196. The van der Waals surface area contributed by atoms with Crippen molar-refractivity contribution in [1.29, 1.82) is 0 Å². The zero-order chi connectivity index (χ0) is 17.7. The van der Waals surface area contributed by atoms with Crippen molar-refractivity contribution >= 4 is 6.09 Å². The molecule has 136 valence electrons. The second-order valence-corrected chi connectivity index (χ2v) is 7.11. The van der Waals surface area contributed by atoms with Gasteiger partial charge in [0.1, 0.15) is 29.6 Å². The maximum Gasteiger partial charge on any atom is 0.413 e. The highest BCUT2D eigenvalue weighted by Gasteiger charge is 2.65. The van der Waals surface area contributed by atoms with E-state index in [0.717, 1.165) is 6.42 Å². The van der Waals surface area contributed by atoms with E-state index in [2.05, 4.69) is 5.32 Å². The van der Waals surface area contributed by atoms with E-state index in [1.54, 1.807) is 24.3 Å². The molecule has 1 N–H and O–H groups in total. The van der Waals surface area contributed by atoms with Gasteiger partial charge in [0, 0.05) is 0 Å². The Morgan fingerprint density at radius 3 is 2.72 bits per heavy atom. The number of fused-ring (bicyclic) bond motifs is 4. The molecule has 7 heteroatoms. The van der Waals surface area contributed by atoms with Gasteiger partial charge in [0.05, 0.1) is 6.61 Å². The van der Waals surface area contributed by atoms with Crippen LogP contribution in [0.2, 0.25) is 0 Å². The Morgan fingerprint density at radius 1 is 1.24 bits per heavy atom. The molecule has 2 unspecified atom stereocenters. The van der Waals surface area contributed by atoms with Gasteiger partial charge in [-0.05, 0) is 32.4 Å². The van der Waals surface area contributed by atoms with Crippen LogP contribution in [0.25, 0.3) is 0 Å². The first-order chi connectivity index (χ1) is 11.9. The molecule has 2 bridgehead atoms. The average molecular weight is 349 g/mol. The van der Waals surface area contributed by atoms with Crippen LogP contribution >= 0.6 is 0 Å². The van der Waals surface area contributed by atoms with Crippen LogP contribution in [0.3, 0.4) is 0 Å². The SMILES string of the molecule is CC[C@@]12COC(O1)[C@H](NC(=O)Oc1ccccc1)C1OC(C)(C)O[C@H]12. The molecule has 1 aromatic carbocycles. The maximum absolute atomic E-state index is 12.3. The summed E-state index contributed by atoms with van der Waals surface area (Å²) in [5, 5.41) is 2.83. The minimum Gasteiger partial charge on any atom is -0.410 e. The second kappa shape index (κ2) is 5.95. The number of hydrogen-bond acceptors (Lipinski definition) is 6. The van der Waals surface area contributed by atoms with Crippen molar-refractivity contribution in [2.45, 2.75) is 63.1 Å². The van der Waals surface area contributed by atoms with E-state index in [0.29, 0.717) is 12.4 Å². The molecule has 0 aromatic heterocycles. The minimum atomic E-state index is -0.741. The second-order valence-electron chi connectivity index (χ2n) is 7.11. The minimum absolute atomic E-state index is 0.312. The van der Waals surface area contributed by atoms with Gasteiger partial charge in [-0.25, -0.2) is 4.79 Å². The number of carbonyl (C=O) groups is 1. The summed E-state index contributed by atoms with van der Waals surface area (Å²) in [5.41, 5.74) is -0.537. The van der Waals surface area contributed by atoms with E-state index < -0.39 is 29.8 Å². The van der Waals surface area contributed by atoms with E-state index in [-0.39, 0.29) is 12.2 Å². The molecule has 5 atom stereocenters. The van der Waals surface area contributed by atoms with Gasteiger partial charge in [-0.2, -0.15) is 0 Å². The van der Waals surface area contributed by atoms with Crippen molar-refractivity contribution in [3.8, 4) is 5.75 Å².